The van der Waals surface area contributed by atoms with Crippen molar-refractivity contribution in [2.45, 2.75) is 12.3 Å². The molecule has 0 saturated carbocycles. The van der Waals surface area contributed by atoms with Crippen molar-refractivity contribution in [1.29, 1.82) is 0 Å². The lowest BCUT2D eigenvalue weighted by molar-refractivity contribution is 0.0383. The monoisotopic (exact) mass is 422 g/mol. The molecule has 0 spiro atoms. The van der Waals surface area contributed by atoms with Crippen molar-refractivity contribution in [3.8, 4) is 0 Å². The molecular formula is C18H26N6O4S. The fourth-order valence-electron chi connectivity index (χ4n) is 3.82. The number of ether oxygens (including phenoxy) is 1. The van der Waals surface area contributed by atoms with Gasteiger partial charge in [0.25, 0.3) is 5.91 Å². The van der Waals surface area contributed by atoms with E-state index in [-0.39, 0.29) is 11.8 Å². The summed E-state index contributed by atoms with van der Waals surface area (Å²) >= 11 is 0. The molecule has 0 bridgehead atoms. The highest BCUT2D eigenvalue weighted by molar-refractivity contribution is 7.88. The number of fused-ring (bicyclic) bond motifs is 1. The SMILES string of the molecule is CS(=O)(=O)N1CC[C@H](c2nnc3ccc(C(=O)NCCN4CCOCC4)cn23)C1. The van der Waals surface area contributed by atoms with E-state index in [0.717, 1.165) is 32.8 Å². The second-order valence-electron chi connectivity index (χ2n) is 7.52. The fourth-order valence-corrected chi connectivity index (χ4v) is 4.70. The van der Waals surface area contributed by atoms with Crippen molar-refractivity contribution in [3.05, 3.63) is 29.7 Å². The summed E-state index contributed by atoms with van der Waals surface area (Å²) in [4.78, 5) is 14.8. The van der Waals surface area contributed by atoms with E-state index in [4.69, 9.17) is 4.74 Å². The van der Waals surface area contributed by atoms with Gasteiger partial charge in [-0.2, -0.15) is 0 Å². The van der Waals surface area contributed by atoms with E-state index in [1.54, 1.807) is 22.7 Å². The Morgan fingerprint density at radius 1 is 1.24 bits per heavy atom. The van der Waals surface area contributed by atoms with Gasteiger partial charge in [0.15, 0.2) is 5.65 Å². The number of nitrogens with one attached hydrogen (secondary N) is 1. The van der Waals surface area contributed by atoms with Crippen molar-refractivity contribution in [3.63, 3.8) is 0 Å². The number of pyridine rings is 1. The minimum Gasteiger partial charge on any atom is -0.379 e. The molecule has 4 rings (SSSR count). The molecule has 1 amide bonds. The molecule has 0 aliphatic carbocycles. The fraction of sp³-hybridized carbons (Fsp3) is 0.611. The lowest BCUT2D eigenvalue weighted by Gasteiger charge is -2.26. The third kappa shape index (κ3) is 4.58. The second kappa shape index (κ2) is 8.34. The molecular weight excluding hydrogens is 396 g/mol. The molecule has 158 valence electrons. The largest absolute Gasteiger partial charge is 0.379 e. The summed E-state index contributed by atoms with van der Waals surface area (Å²) in [5, 5.41) is 11.4. The van der Waals surface area contributed by atoms with Crippen molar-refractivity contribution < 1.29 is 17.9 Å². The van der Waals surface area contributed by atoms with Gasteiger partial charge in [0.2, 0.25) is 10.0 Å². The van der Waals surface area contributed by atoms with E-state index >= 15 is 0 Å². The molecule has 2 aromatic rings. The third-order valence-electron chi connectivity index (χ3n) is 5.49. The van der Waals surface area contributed by atoms with Gasteiger partial charge >= 0.3 is 0 Å². The summed E-state index contributed by atoms with van der Waals surface area (Å²) in [7, 11) is -3.22. The number of sulfonamides is 1. The highest BCUT2D eigenvalue weighted by atomic mass is 32.2. The summed E-state index contributed by atoms with van der Waals surface area (Å²) in [6.07, 6.45) is 3.64. The first kappa shape index (κ1) is 20.2. The van der Waals surface area contributed by atoms with Gasteiger partial charge < -0.3 is 10.1 Å². The Morgan fingerprint density at radius 3 is 2.76 bits per heavy atom. The molecule has 2 aromatic heterocycles. The van der Waals surface area contributed by atoms with Gasteiger partial charge in [-0.05, 0) is 18.6 Å². The van der Waals surface area contributed by atoms with Crippen molar-refractivity contribution in [1.82, 2.24) is 29.1 Å². The number of hydrogen-bond donors (Lipinski definition) is 1. The maximum atomic E-state index is 12.6. The molecule has 2 aliphatic heterocycles. The van der Waals surface area contributed by atoms with Gasteiger partial charge in [0.1, 0.15) is 5.82 Å². The van der Waals surface area contributed by atoms with E-state index < -0.39 is 10.0 Å². The van der Waals surface area contributed by atoms with Crippen LogP contribution < -0.4 is 5.32 Å². The summed E-state index contributed by atoms with van der Waals surface area (Å²) < 4.78 is 32.2. The highest BCUT2D eigenvalue weighted by Crippen LogP contribution is 2.27. The number of amides is 1. The predicted molar refractivity (Wildman–Crippen MR) is 106 cm³/mol. The number of nitrogens with zero attached hydrogens (tertiary/aromatic N) is 5. The lowest BCUT2D eigenvalue weighted by atomic mass is 10.1. The molecule has 2 aliphatic rings. The summed E-state index contributed by atoms with van der Waals surface area (Å²) in [5.41, 5.74) is 1.17. The molecule has 0 radical (unpaired) electrons. The molecule has 0 unspecified atom stereocenters. The second-order valence-corrected chi connectivity index (χ2v) is 9.50. The minimum atomic E-state index is -3.22. The van der Waals surface area contributed by atoms with Crippen LogP contribution >= 0.6 is 0 Å². The standard InChI is InChI=1S/C18H26N6O4S/c1-29(26,27)23-6-4-14(12-23)17-21-20-16-3-2-15(13-24(16)17)18(25)19-5-7-22-8-10-28-11-9-22/h2-3,13-14H,4-12H2,1H3,(H,19,25)/t14-/m0/s1. The molecule has 0 aromatic carbocycles. The Kier molecular flexibility index (Phi) is 5.81. The molecule has 1 N–H and O–H groups in total. The van der Waals surface area contributed by atoms with Crippen LogP contribution in [-0.4, -0.2) is 96.9 Å². The van der Waals surface area contributed by atoms with E-state index in [2.05, 4.69) is 20.4 Å². The van der Waals surface area contributed by atoms with Gasteiger partial charge in [-0.15, -0.1) is 10.2 Å². The van der Waals surface area contributed by atoms with Crippen LogP contribution in [-0.2, 0) is 14.8 Å². The number of hydrogen-bond acceptors (Lipinski definition) is 7. The van der Waals surface area contributed by atoms with E-state index in [1.807, 2.05) is 0 Å². The Labute approximate surface area is 169 Å². The molecule has 11 heteroatoms. The van der Waals surface area contributed by atoms with E-state index in [1.165, 1.54) is 10.6 Å². The Bertz CT molecular complexity index is 985. The average Bonchev–Trinajstić information content (AvgIpc) is 3.35. The van der Waals surface area contributed by atoms with Crippen LogP contribution in [0.3, 0.4) is 0 Å². The van der Waals surface area contributed by atoms with Crippen LogP contribution in [0.25, 0.3) is 5.65 Å². The van der Waals surface area contributed by atoms with Gasteiger partial charge in [-0.25, -0.2) is 12.7 Å². The quantitative estimate of drug-likeness (QED) is 0.671. The molecule has 1 atom stereocenters. The van der Waals surface area contributed by atoms with Gasteiger partial charge in [-0.1, -0.05) is 0 Å². The third-order valence-corrected chi connectivity index (χ3v) is 6.76. The topological polar surface area (TPSA) is 109 Å². The van der Waals surface area contributed by atoms with Gasteiger partial charge in [0.05, 0.1) is 25.0 Å². The number of carbonyl (C=O) groups is 1. The molecule has 4 heterocycles. The van der Waals surface area contributed by atoms with Crippen LogP contribution in [0.5, 0.6) is 0 Å². The highest BCUT2D eigenvalue weighted by Gasteiger charge is 2.32. The molecule has 2 saturated heterocycles. The van der Waals surface area contributed by atoms with E-state index in [9.17, 15) is 13.2 Å². The number of carbonyl (C=O) groups excluding carboxylic acids is 1. The Hall–Kier alpha value is -2.08. The van der Waals surface area contributed by atoms with Crippen molar-refractivity contribution in [2.75, 3.05) is 58.7 Å². The van der Waals surface area contributed by atoms with Gasteiger partial charge in [0, 0.05) is 51.4 Å². The smallest absolute Gasteiger partial charge is 0.252 e. The number of rotatable bonds is 6. The Morgan fingerprint density at radius 2 is 2.03 bits per heavy atom. The zero-order chi connectivity index (χ0) is 20.4. The van der Waals surface area contributed by atoms with Crippen LogP contribution in [0, 0.1) is 0 Å². The molecule has 2 fully saturated rings. The first-order valence-electron chi connectivity index (χ1n) is 9.80. The van der Waals surface area contributed by atoms with E-state index in [0.29, 0.717) is 43.1 Å². The Balaban J connectivity index is 1.43. The summed E-state index contributed by atoms with van der Waals surface area (Å²) in [6.45, 7) is 5.46. The van der Waals surface area contributed by atoms with Gasteiger partial charge in [-0.3, -0.25) is 14.1 Å². The zero-order valence-electron chi connectivity index (χ0n) is 16.5. The van der Waals surface area contributed by atoms with Crippen molar-refractivity contribution in [2.24, 2.45) is 0 Å². The number of aromatic nitrogens is 3. The van der Waals surface area contributed by atoms with Crippen molar-refractivity contribution >= 4 is 21.6 Å². The van der Waals surface area contributed by atoms with Crippen LogP contribution in [0.4, 0.5) is 0 Å². The zero-order valence-corrected chi connectivity index (χ0v) is 17.3. The maximum absolute atomic E-state index is 12.6. The predicted octanol–water partition coefficient (Wildman–Crippen LogP) is -0.460. The van der Waals surface area contributed by atoms with Crippen LogP contribution in [0.1, 0.15) is 28.5 Å². The van der Waals surface area contributed by atoms with Crippen LogP contribution in [0.2, 0.25) is 0 Å². The maximum Gasteiger partial charge on any atom is 0.252 e. The minimum absolute atomic E-state index is 0.0423. The average molecular weight is 423 g/mol. The summed E-state index contributed by atoms with van der Waals surface area (Å²) in [5.74, 6) is 0.498. The van der Waals surface area contributed by atoms with Crippen LogP contribution in [0.15, 0.2) is 18.3 Å². The normalized spacial score (nSPS) is 21.6. The molecule has 29 heavy (non-hydrogen) atoms. The first-order valence-corrected chi connectivity index (χ1v) is 11.6. The first-order chi connectivity index (χ1) is 13.9. The summed E-state index contributed by atoms with van der Waals surface area (Å²) in [6, 6.07) is 3.49. The lowest BCUT2D eigenvalue weighted by Crippen LogP contribution is -2.41. The molecule has 10 nitrogen and oxygen atoms in total. The number of morpholine rings is 1.